The van der Waals surface area contributed by atoms with E-state index in [9.17, 15) is 4.39 Å². The molecule has 1 aromatic heterocycles. The molecule has 0 saturated carbocycles. The second-order valence-electron chi connectivity index (χ2n) is 3.35. The van der Waals surface area contributed by atoms with Crippen LogP contribution >= 0.6 is 31.9 Å². The zero-order chi connectivity index (χ0) is 11.5. The average molecular weight is 348 g/mol. The summed E-state index contributed by atoms with van der Waals surface area (Å²) >= 11 is 6.64. The van der Waals surface area contributed by atoms with Crippen molar-refractivity contribution in [2.75, 3.05) is 0 Å². The molecule has 84 valence electrons. The fourth-order valence-corrected chi connectivity index (χ4v) is 2.49. The van der Waals surface area contributed by atoms with Gasteiger partial charge in [0.2, 0.25) is 0 Å². The molecule has 2 nitrogen and oxygen atoms in total. The predicted molar refractivity (Wildman–Crippen MR) is 68.1 cm³/mol. The van der Waals surface area contributed by atoms with Gasteiger partial charge >= 0.3 is 0 Å². The maximum Gasteiger partial charge on any atom is 0.141 e. The normalized spacial score (nSPS) is 12.7. The van der Waals surface area contributed by atoms with Crippen LogP contribution in [-0.2, 0) is 6.42 Å². The molecule has 1 N–H and O–H groups in total. The van der Waals surface area contributed by atoms with Gasteiger partial charge in [0.15, 0.2) is 0 Å². The van der Waals surface area contributed by atoms with Gasteiger partial charge < -0.3 is 4.98 Å². The second kappa shape index (κ2) is 5.10. The van der Waals surface area contributed by atoms with Gasteiger partial charge in [-0.05, 0) is 22.0 Å². The molecule has 1 heterocycles. The van der Waals surface area contributed by atoms with Gasteiger partial charge in [0, 0.05) is 29.2 Å². The van der Waals surface area contributed by atoms with E-state index in [-0.39, 0.29) is 10.6 Å². The third-order valence-electron chi connectivity index (χ3n) is 2.25. The molecule has 0 aliphatic heterocycles. The molecular formula is C11H9Br2FN2. The summed E-state index contributed by atoms with van der Waals surface area (Å²) in [7, 11) is 0. The van der Waals surface area contributed by atoms with E-state index in [4.69, 9.17) is 0 Å². The number of hydrogen-bond donors (Lipinski definition) is 1. The van der Waals surface area contributed by atoms with Crippen LogP contribution in [0.2, 0.25) is 0 Å². The lowest BCUT2D eigenvalue weighted by atomic mass is 10.1. The minimum absolute atomic E-state index is 0.0869. The number of benzene rings is 1. The minimum atomic E-state index is -0.226. The highest BCUT2D eigenvalue weighted by Crippen LogP contribution is 2.31. The van der Waals surface area contributed by atoms with Crippen LogP contribution in [0.15, 0.2) is 35.1 Å². The highest BCUT2D eigenvalue weighted by molar-refractivity contribution is 9.10. The summed E-state index contributed by atoms with van der Waals surface area (Å²) in [6, 6.07) is 5.27. The number of aromatic amines is 1. The molecular weight excluding hydrogens is 339 g/mol. The number of halogens is 3. The molecule has 0 saturated heterocycles. The molecule has 0 bridgehead atoms. The van der Waals surface area contributed by atoms with Crippen molar-refractivity contribution >= 4 is 31.9 Å². The lowest BCUT2D eigenvalue weighted by Crippen LogP contribution is -2.00. The Morgan fingerprint density at radius 2 is 2.25 bits per heavy atom. The molecule has 2 aromatic rings. The molecule has 0 aliphatic rings. The van der Waals surface area contributed by atoms with Crippen LogP contribution in [0.5, 0.6) is 0 Å². The van der Waals surface area contributed by atoms with E-state index in [2.05, 4.69) is 41.8 Å². The first-order valence-corrected chi connectivity index (χ1v) is 6.45. The molecule has 1 atom stereocenters. The smallest absolute Gasteiger partial charge is 0.141 e. The van der Waals surface area contributed by atoms with E-state index in [1.807, 2.05) is 6.07 Å². The van der Waals surface area contributed by atoms with Gasteiger partial charge in [0.05, 0.1) is 4.47 Å². The molecule has 0 spiro atoms. The zero-order valence-electron chi connectivity index (χ0n) is 8.25. The van der Waals surface area contributed by atoms with Gasteiger partial charge in [-0.3, -0.25) is 0 Å². The standard InChI is InChI=1S/C11H9Br2FN2/c12-8-3-1-2-7(11(8)14)9(13)6-10-15-4-5-16-10/h1-5,9H,6H2,(H,15,16). The van der Waals surface area contributed by atoms with Gasteiger partial charge in [0.25, 0.3) is 0 Å². The molecule has 0 radical (unpaired) electrons. The molecule has 2 rings (SSSR count). The number of nitrogens with zero attached hydrogens (tertiary/aromatic N) is 1. The number of rotatable bonds is 3. The van der Waals surface area contributed by atoms with Crippen molar-refractivity contribution in [3.05, 3.63) is 52.3 Å². The van der Waals surface area contributed by atoms with Crippen molar-refractivity contribution < 1.29 is 4.39 Å². The molecule has 0 aliphatic carbocycles. The second-order valence-corrected chi connectivity index (χ2v) is 5.31. The number of nitrogens with one attached hydrogen (secondary N) is 1. The summed E-state index contributed by atoms with van der Waals surface area (Å²) in [6.07, 6.45) is 4.07. The average Bonchev–Trinajstić information content (AvgIpc) is 2.74. The third kappa shape index (κ3) is 2.52. The summed E-state index contributed by atoms with van der Waals surface area (Å²) in [5.74, 6) is 0.609. The van der Waals surface area contributed by atoms with Crippen molar-refractivity contribution in [2.45, 2.75) is 11.2 Å². The van der Waals surface area contributed by atoms with Crippen LogP contribution in [0, 0.1) is 5.82 Å². The number of hydrogen-bond acceptors (Lipinski definition) is 1. The molecule has 0 fully saturated rings. The van der Waals surface area contributed by atoms with Gasteiger partial charge in [-0.15, -0.1) is 0 Å². The van der Waals surface area contributed by atoms with Gasteiger partial charge in [0.1, 0.15) is 11.6 Å². The molecule has 1 unspecified atom stereocenters. The number of H-pyrrole nitrogens is 1. The topological polar surface area (TPSA) is 28.7 Å². The first-order chi connectivity index (χ1) is 7.68. The van der Waals surface area contributed by atoms with E-state index < -0.39 is 0 Å². The Kier molecular flexibility index (Phi) is 3.76. The van der Waals surface area contributed by atoms with Crippen molar-refractivity contribution in [2.24, 2.45) is 0 Å². The first kappa shape index (κ1) is 11.8. The Balaban J connectivity index is 2.21. The number of alkyl halides is 1. The van der Waals surface area contributed by atoms with Crippen molar-refractivity contribution in [1.29, 1.82) is 0 Å². The Labute approximate surface area is 110 Å². The predicted octanol–water partition coefficient (Wildman–Crippen LogP) is 3.99. The lowest BCUT2D eigenvalue weighted by molar-refractivity contribution is 0.600. The third-order valence-corrected chi connectivity index (χ3v) is 3.68. The van der Waals surface area contributed by atoms with Crippen LogP contribution in [0.3, 0.4) is 0 Å². The Hall–Kier alpha value is -0.680. The van der Waals surface area contributed by atoms with Gasteiger partial charge in [-0.1, -0.05) is 28.1 Å². The molecule has 5 heteroatoms. The highest BCUT2D eigenvalue weighted by atomic mass is 79.9. The monoisotopic (exact) mass is 346 g/mol. The van der Waals surface area contributed by atoms with Crippen molar-refractivity contribution in [1.82, 2.24) is 9.97 Å². The Morgan fingerprint density at radius 3 is 2.94 bits per heavy atom. The molecule has 1 aromatic carbocycles. The van der Waals surface area contributed by atoms with E-state index >= 15 is 0 Å². The number of imidazole rings is 1. The van der Waals surface area contributed by atoms with Crippen LogP contribution in [0.25, 0.3) is 0 Å². The SMILES string of the molecule is Fc1c(Br)cccc1C(Br)Cc1ncc[nH]1. The molecule has 0 amide bonds. The van der Waals surface area contributed by atoms with Crippen LogP contribution in [0.4, 0.5) is 4.39 Å². The highest BCUT2D eigenvalue weighted by Gasteiger charge is 2.15. The fourth-order valence-electron chi connectivity index (χ4n) is 1.45. The van der Waals surface area contributed by atoms with E-state index in [0.717, 1.165) is 5.82 Å². The summed E-state index contributed by atoms with van der Waals surface area (Å²) in [5, 5.41) is 0. The van der Waals surface area contributed by atoms with Gasteiger partial charge in [-0.2, -0.15) is 0 Å². The summed E-state index contributed by atoms with van der Waals surface area (Å²) < 4.78 is 14.3. The lowest BCUT2D eigenvalue weighted by Gasteiger charge is -2.10. The van der Waals surface area contributed by atoms with Crippen LogP contribution in [0.1, 0.15) is 16.2 Å². The first-order valence-electron chi connectivity index (χ1n) is 4.74. The van der Waals surface area contributed by atoms with E-state index in [1.54, 1.807) is 24.5 Å². The molecule has 16 heavy (non-hydrogen) atoms. The quantitative estimate of drug-likeness (QED) is 0.835. The summed E-state index contributed by atoms with van der Waals surface area (Å²) in [5.41, 5.74) is 0.630. The largest absolute Gasteiger partial charge is 0.349 e. The van der Waals surface area contributed by atoms with E-state index in [0.29, 0.717) is 16.5 Å². The fraction of sp³-hybridized carbons (Fsp3) is 0.182. The minimum Gasteiger partial charge on any atom is -0.349 e. The Morgan fingerprint density at radius 1 is 1.44 bits per heavy atom. The van der Waals surface area contributed by atoms with Crippen molar-refractivity contribution in [3.63, 3.8) is 0 Å². The van der Waals surface area contributed by atoms with Crippen LogP contribution < -0.4 is 0 Å². The Bertz CT molecular complexity index is 471. The maximum absolute atomic E-state index is 13.8. The summed E-state index contributed by atoms with van der Waals surface area (Å²) in [6.45, 7) is 0. The summed E-state index contributed by atoms with van der Waals surface area (Å²) in [4.78, 5) is 7.02. The van der Waals surface area contributed by atoms with Crippen LogP contribution in [-0.4, -0.2) is 9.97 Å². The zero-order valence-corrected chi connectivity index (χ0v) is 11.4. The van der Waals surface area contributed by atoms with E-state index in [1.165, 1.54) is 0 Å². The van der Waals surface area contributed by atoms with Gasteiger partial charge in [-0.25, -0.2) is 9.37 Å². The van der Waals surface area contributed by atoms with Crippen molar-refractivity contribution in [3.8, 4) is 0 Å². The number of aromatic nitrogens is 2. The maximum atomic E-state index is 13.8.